The van der Waals surface area contributed by atoms with E-state index in [0.29, 0.717) is 41.4 Å². The van der Waals surface area contributed by atoms with Crippen LogP contribution in [0, 0.1) is 56.7 Å². The topological polar surface area (TPSA) is 57.5 Å². The molecule has 0 amide bonds. The van der Waals surface area contributed by atoms with Crippen molar-refractivity contribution in [3.05, 3.63) is 12.2 Å². The molecule has 0 heterocycles. The first-order valence-corrected chi connectivity index (χ1v) is 14.3. The maximum Gasteiger partial charge on any atom is 0.303 e. The molecular formula is C31H50O3. The SMILES string of the molecule is C=C(C)[C@@H]1CC[C@]2(CC(=O)O)CC[C@]3(C)[C@H](CC[C@@H]4[C@@]5(C)CC[C@H](O)C(C)(C)[C@@H]5CC[C@]43C)[C@@H]12. The van der Waals surface area contributed by atoms with Gasteiger partial charge in [-0.15, -0.1) is 0 Å². The molecule has 0 aromatic heterocycles. The zero-order valence-electron chi connectivity index (χ0n) is 22.8. The molecular weight excluding hydrogens is 420 g/mol. The van der Waals surface area contributed by atoms with E-state index < -0.39 is 5.97 Å². The highest BCUT2D eigenvalue weighted by atomic mass is 16.4. The van der Waals surface area contributed by atoms with Gasteiger partial charge in [-0.05, 0) is 128 Å². The monoisotopic (exact) mass is 470 g/mol. The van der Waals surface area contributed by atoms with Gasteiger partial charge in [-0.25, -0.2) is 0 Å². The Labute approximate surface area is 208 Å². The normalized spacial score (nSPS) is 53.7. The average molecular weight is 471 g/mol. The Balaban J connectivity index is 1.55. The molecule has 0 aromatic carbocycles. The zero-order chi connectivity index (χ0) is 24.9. The number of aliphatic carboxylic acids is 1. The summed E-state index contributed by atoms with van der Waals surface area (Å²) in [5, 5.41) is 20.8. The number of carboxylic acids is 1. The Morgan fingerprint density at radius 1 is 0.853 bits per heavy atom. The predicted molar refractivity (Wildman–Crippen MR) is 137 cm³/mol. The minimum atomic E-state index is -0.605. The third-order valence-corrected chi connectivity index (χ3v) is 13.7. The van der Waals surface area contributed by atoms with Crippen molar-refractivity contribution in [1.29, 1.82) is 0 Å². The molecule has 0 aliphatic heterocycles. The molecule has 3 heteroatoms. The van der Waals surface area contributed by atoms with E-state index in [-0.39, 0.29) is 27.8 Å². The molecule has 34 heavy (non-hydrogen) atoms. The lowest BCUT2D eigenvalue weighted by Crippen LogP contribution is -2.66. The summed E-state index contributed by atoms with van der Waals surface area (Å²) in [6.45, 7) is 19.1. The van der Waals surface area contributed by atoms with Crippen LogP contribution in [0.3, 0.4) is 0 Å². The fourth-order valence-corrected chi connectivity index (χ4v) is 11.9. The van der Waals surface area contributed by atoms with Crippen molar-refractivity contribution in [2.45, 2.75) is 118 Å². The zero-order valence-corrected chi connectivity index (χ0v) is 22.8. The van der Waals surface area contributed by atoms with Crippen LogP contribution in [0.25, 0.3) is 0 Å². The molecule has 0 unspecified atom stereocenters. The van der Waals surface area contributed by atoms with Crippen LogP contribution in [-0.4, -0.2) is 22.3 Å². The van der Waals surface area contributed by atoms with E-state index in [1.54, 1.807) is 0 Å². The summed E-state index contributed by atoms with van der Waals surface area (Å²) < 4.78 is 0. The Morgan fingerprint density at radius 2 is 1.56 bits per heavy atom. The first kappa shape index (κ1) is 24.8. The lowest BCUT2D eigenvalue weighted by molar-refractivity contribution is -0.248. The van der Waals surface area contributed by atoms with Crippen molar-refractivity contribution in [2.75, 3.05) is 0 Å². The minimum absolute atomic E-state index is 0.00815. The van der Waals surface area contributed by atoms with Gasteiger partial charge in [-0.3, -0.25) is 4.79 Å². The van der Waals surface area contributed by atoms with Gasteiger partial charge in [0, 0.05) is 0 Å². The van der Waals surface area contributed by atoms with Gasteiger partial charge in [0.1, 0.15) is 0 Å². The second kappa shape index (κ2) is 7.59. The smallest absolute Gasteiger partial charge is 0.303 e. The van der Waals surface area contributed by atoms with Crippen molar-refractivity contribution in [3.8, 4) is 0 Å². The van der Waals surface area contributed by atoms with E-state index >= 15 is 0 Å². The number of hydrogen-bond acceptors (Lipinski definition) is 2. The first-order chi connectivity index (χ1) is 15.7. The number of carboxylic acid groups (broad SMARTS) is 1. The van der Waals surface area contributed by atoms with Crippen molar-refractivity contribution >= 4 is 5.97 Å². The van der Waals surface area contributed by atoms with Crippen LogP contribution in [0.15, 0.2) is 12.2 Å². The molecule has 0 aromatic rings. The van der Waals surface area contributed by atoms with Gasteiger partial charge in [0.2, 0.25) is 0 Å². The Hall–Kier alpha value is -0.830. The highest BCUT2D eigenvalue weighted by Gasteiger charge is 2.70. The number of aliphatic hydroxyl groups excluding tert-OH is 1. The minimum Gasteiger partial charge on any atom is -0.481 e. The summed E-state index contributed by atoms with van der Waals surface area (Å²) in [6, 6.07) is 0. The van der Waals surface area contributed by atoms with E-state index in [2.05, 4.69) is 48.1 Å². The summed E-state index contributed by atoms with van der Waals surface area (Å²) in [5.74, 6) is 2.25. The van der Waals surface area contributed by atoms with E-state index in [0.717, 1.165) is 32.1 Å². The molecule has 5 aliphatic carbocycles. The van der Waals surface area contributed by atoms with Gasteiger partial charge in [0.05, 0.1) is 12.5 Å². The molecule has 5 aliphatic rings. The Bertz CT molecular complexity index is 876. The molecule has 5 rings (SSSR count). The van der Waals surface area contributed by atoms with Crippen LogP contribution in [-0.2, 0) is 4.79 Å². The first-order valence-electron chi connectivity index (χ1n) is 14.3. The molecule has 5 fully saturated rings. The maximum atomic E-state index is 12.1. The fraction of sp³-hybridized carbons (Fsp3) is 0.903. The van der Waals surface area contributed by atoms with Crippen molar-refractivity contribution in [2.24, 2.45) is 56.7 Å². The molecule has 192 valence electrons. The van der Waals surface area contributed by atoms with Crippen molar-refractivity contribution < 1.29 is 15.0 Å². The van der Waals surface area contributed by atoms with E-state index in [1.165, 1.54) is 37.7 Å². The summed E-state index contributed by atoms with van der Waals surface area (Å²) in [5.41, 5.74) is 2.09. The predicted octanol–water partition coefficient (Wildman–Crippen LogP) is 7.48. The van der Waals surface area contributed by atoms with Crippen LogP contribution in [0.1, 0.15) is 112 Å². The lowest BCUT2D eigenvalue weighted by atomic mass is 9.32. The number of aliphatic hydroxyl groups is 1. The van der Waals surface area contributed by atoms with Crippen LogP contribution >= 0.6 is 0 Å². The maximum absolute atomic E-state index is 12.1. The van der Waals surface area contributed by atoms with Gasteiger partial charge in [-0.2, -0.15) is 0 Å². The highest BCUT2D eigenvalue weighted by molar-refractivity contribution is 5.68. The summed E-state index contributed by atoms with van der Waals surface area (Å²) in [4.78, 5) is 12.1. The molecule has 3 nitrogen and oxygen atoms in total. The molecule has 10 atom stereocenters. The third kappa shape index (κ3) is 3.00. The quantitative estimate of drug-likeness (QED) is 0.420. The van der Waals surface area contributed by atoms with E-state index in [1.807, 2.05) is 0 Å². The van der Waals surface area contributed by atoms with Gasteiger partial charge >= 0.3 is 5.97 Å². The van der Waals surface area contributed by atoms with Gasteiger partial charge in [0.15, 0.2) is 0 Å². The van der Waals surface area contributed by atoms with Crippen molar-refractivity contribution in [3.63, 3.8) is 0 Å². The van der Waals surface area contributed by atoms with Gasteiger partial charge in [-0.1, -0.05) is 46.8 Å². The largest absolute Gasteiger partial charge is 0.481 e. The molecule has 0 radical (unpaired) electrons. The lowest BCUT2D eigenvalue weighted by Gasteiger charge is -2.73. The Morgan fingerprint density at radius 3 is 2.21 bits per heavy atom. The Kier molecular flexibility index (Phi) is 5.55. The van der Waals surface area contributed by atoms with Gasteiger partial charge < -0.3 is 10.2 Å². The second-order valence-electron chi connectivity index (χ2n) is 15.0. The molecule has 5 saturated carbocycles. The van der Waals surface area contributed by atoms with E-state index in [4.69, 9.17) is 0 Å². The second-order valence-corrected chi connectivity index (χ2v) is 15.0. The van der Waals surface area contributed by atoms with E-state index in [9.17, 15) is 15.0 Å². The summed E-state index contributed by atoms with van der Waals surface area (Å²) in [6.07, 6.45) is 11.7. The number of rotatable bonds is 3. The standard InChI is InChI=1S/C31H50O3/c1-19(2)20-10-15-31(18-25(33)34)17-16-29(6)21(26(20)31)8-9-23-28(5)13-12-24(32)27(3,4)22(28)11-14-30(23,29)7/h20-24,26,32H,1,8-18H2,2-7H3,(H,33,34)/t20-,21+,22-,23+,24-,26+,28-,29+,30+,31+/m0/s1. The van der Waals surface area contributed by atoms with Crippen molar-refractivity contribution in [1.82, 2.24) is 0 Å². The molecule has 0 spiro atoms. The third-order valence-electron chi connectivity index (χ3n) is 13.7. The molecule has 0 bridgehead atoms. The number of allylic oxidation sites excluding steroid dienone is 1. The number of hydrogen-bond donors (Lipinski definition) is 2. The highest BCUT2D eigenvalue weighted by Crippen LogP contribution is 2.77. The number of carbonyl (C=O) groups is 1. The summed E-state index contributed by atoms with van der Waals surface area (Å²) >= 11 is 0. The van der Waals surface area contributed by atoms with Gasteiger partial charge in [0.25, 0.3) is 0 Å². The van der Waals surface area contributed by atoms with Crippen LogP contribution in [0.2, 0.25) is 0 Å². The van der Waals surface area contributed by atoms with Crippen LogP contribution in [0.4, 0.5) is 0 Å². The van der Waals surface area contributed by atoms with Crippen LogP contribution < -0.4 is 0 Å². The summed E-state index contributed by atoms with van der Waals surface area (Å²) in [7, 11) is 0. The molecule has 0 saturated heterocycles. The fourth-order valence-electron chi connectivity index (χ4n) is 11.9. The number of fused-ring (bicyclic) bond motifs is 7. The van der Waals surface area contributed by atoms with Crippen LogP contribution in [0.5, 0.6) is 0 Å². The average Bonchev–Trinajstić information content (AvgIpc) is 3.10. The molecule has 2 N–H and O–H groups in total.